The fourth-order valence-corrected chi connectivity index (χ4v) is 10.9. The first kappa shape index (κ1) is 41.7. The second kappa shape index (κ2) is 14.3. The number of ether oxygens (including phenoxy) is 4. The van der Waals surface area contributed by atoms with Gasteiger partial charge in [0.15, 0.2) is 5.78 Å². The molecule has 1 N–H and O–H groups in total. The molecule has 0 spiro atoms. The second-order valence-corrected chi connectivity index (χ2v) is 17.8. The summed E-state index contributed by atoms with van der Waals surface area (Å²) < 4.78 is 23.5. The van der Waals surface area contributed by atoms with Crippen molar-refractivity contribution in [2.75, 3.05) is 0 Å². The molecule has 4 aliphatic carbocycles. The van der Waals surface area contributed by atoms with Gasteiger partial charge >= 0.3 is 23.9 Å². The molecule has 4 aliphatic rings. The fourth-order valence-electron chi connectivity index (χ4n) is 10.9. The van der Waals surface area contributed by atoms with Crippen LogP contribution in [0.25, 0.3) is 0 Å². The molecule has 0 bridgehead atoms. The number of allylic oxidation sites excluding steroid dienone is 1. The number of esters is 4. The smallest absolute Gasteiger partial charge is 0.305 e. The summed E-state index contributed by atoms with van der Waals surface area (Å²) in [7, 11) is 0. The summed E-state index contributed by atoms with van der Waals surface area (Å²) in [6, 6.07) is 0. The lowest BCUT2D eigenvalue weighted by molar-refractivity contribution is -0.198. The van der Waals surface area contributed by atoms with E-state index in [2.05, 4.69) is 13.0 Å². The van der Waals surface area contributed by atoms with Crippen molar-refractivity contribution in [3.05, 3.63) is 11.6 Å². The number of carbonyl (C=O) groups excluding carboxylic acids is 6. The Bertz CT molecular complexity index is 1510. The van der Waals surface area contributed by atoms with Gasteiger partial charge in [0.2, 0.25) is 0 Å². The Kier molecular flexibility index (Phi) is 11.5. The zero-order valence-electron chi connectivity index (χ0n) is 33.4. The molecule has 3 saturated carbocycles. The van der Waals surface area contributed by atoms with Crippen molar-refractivity contribution in [1.82, 2.24) is 0 Å². The number of fused-ring (bicyclic) bond motifs is 5. The number of Topliss-reactive ketones (excluding diaryl/α,β-unsaturated/α-hetero) is 2. The van der Waals surface area contributed by atoms with Crippen LogP contribution in [0.5, 0.6) is 0 Å². The van der Waals surface area contributed by atoms with E-state index < -0.39 is 86.8 Å². The van der Waals surface area contributed by atoms with E-state index in [1.165, 1.54) is 13.8 Å². The molecule has 292 valence electrons. The average molecular weight is 731 g/mol. The highest BCUT2D eigenvalue weighted by atomic mass is 16.6. The summed E-state index contributed by atoms with van der Waals surface area (Å²) in [6.45, 7) is 21.3. The molecule has 0 heterocycles. The third-order valence-corrected chi connectivity index (χ3v) is 13.8. The molecule has 52 heavy (non-hydrogen) atoms. The zero-order chi connectivity index (χ0) is 39.4. The van der Waals surface area contributed by atoms with Crippen molar-refractivity contribution in [3.63, 3.8) is 0 Å². The summed E-state index contributed by atoms with van der Waals surface area (Å²) >= 11 is 0. The van der Waals surface area contributed by atoms with Gasteiger partial charge in [-0.05, 0) is 69.1 Å². The van der Waals surface area contributed by atoms with Crippen molar-refractivity contribution in [3.8, 4) is 0 Å². The maximum Gasteiger partial charge on any atom is 0.305 e. The number of hydrogen-bond acceptors (Lipinski definition) is 11. The van der Waals surface area contributed by atoms with Gasteiger partial charge in [0.05, 0.1) is 0 Å². The third kappa shape index (κ3) is 6.88. The van der Waals surface area contributed by atoms with Crippen LogP contribution in [-0.2, 0) is 47.7 Å². The van der Waals surface area contributed by atoms with Crippen LogP contribution in [0.3, 0.4) is 0 Å². The van der Waals surface area contributed by atoms with Gasteiger partial charge in [-0.15, -0.1) is 0 Å². The van der Waals surface area contributed by atoms with Crippen molar-refractivity contribution in [1.29, 1.82) is 0 Å². The van der Waals surface area contributed by atoms with Crippen LogP contribution >= 0.6 is 0 Å². The SMILES string of the molecule is CCC(=O)O[C@H]1C[C@@H]2C(=CC[C@@H]3[C@@]2(C)C(=O)C[C@]2(C)C([C@@](C)(O)C(=O)CCC(C)(C)OC(C)=O)[C@H](OC(=O)CC)C[C@@]32C)C(C)(C)[C@@H]1OC(=O)CC. The van der Waals surface area contributed by atoms with Crippen LogP contribution in [0, 0.1) is 39.4 Å². The maximum absolute atomic E-state index is 15.0. The highest BCUT2D eigenvalue weighted by Gasteiger charge is 2.75. The van der Waals surface area contributed by atoms with Crippen molar-refractivity contribution in [2.24, 2.45) is 39.4 Å². The minimum Gasteiger partial charge on any atom is -0.462 e. The van der Waals surface area contributed by atoms with E-state index in [1.54, 1.807) is 34.6 Å². The standard InChI is InChI=1S/C41H62O11/c1-13-31(45)49-26-20-25-24(37(7,8)35(26)51-33(47)15-3)16-17-28-38(9)21-27(50-32(46)14-2)34(39(38,10)22-30(44)40(25,28)11)41(12,48)29(43)18-19-36(5,6)52-23(4)42/h16,25-28,34-35,48H,13-15,17-22H2,1-12H3/t25-,26+,27-,28+,34?,35-,38+,39-,40+,41+/m1/s1. The molecular formula is C41H62O11. The highest BCUT2D eigenvalue weighted by molar-refractivity contribution is 5.90. The number of aliphatic hydroxyl groups is 1. The fraction of sp³-hybridized carbons (Fsp3) is 0.805. The molecule has 3 fully saturated rings. The third-order valence-electron chi connectivity index (χ3n) is 13.8. The van der Waals surface area contributed by atoms with Crippen LogP contribution < -0.4 is 0 Å². The van der Waals surface area contributed by atoms with Crippen LogP contribution in [0.4, 0.5) is 0 Å². The first-order valence-electron chi connectivity index (χ1n) is 19.1. The monoisotopic (exact) mass is 730 g/mol. The second-order valence-electron chi connectivity index (χ2n) is 17.8. The van der Waals surface area contributed by atoms with Gasteiger partial charge in [-0.2, -0.15) is 0 Å². The lowest BCUT2D eigenvalue weighted by atomic mass is 9.38. The minimum atomic E-state index is -1.98. The highest BCUT2D eigenvalue weighted by Crippen LogP contribution is 2.74. The van der Waals surface area contributed by atoms with Crippen LogP contribution in [-0.4, -0.2) is 70.1 Å². The number of ketones is 2. The molecule has 0 aromatic rings. The molecule has 0 amide bonds. The number of rotatable bonds is 12. The summed E-state index contributed by atoms with van der Waals surface area (Å²) in [5.41, 5.74) is -5.28. The molecule has 0 radical (unpaired) electrons. The van der Waals surface area contributed by atoms with E-state index in [9.17, 15) is 29.1 Å². The molecule has 11 nitrogen and oxygen atoms in total. The van der Waals surface area contributed by atoms with Gasteiger partial charge in [0.25, 0.3) is 0 Å². The number of carbonyl (C=O) groups is 6. The molecule has 1 unspecified atom stereocenters. The first-order chi connectivity index (χ1) is 23.9. The molecular weight excluding hydrogens is 668 g/mol. The van der Waals surface area contributed by atoms with Crippen LogP contribution in [0.1, 0.15) is 141 Å². The van der Waals surface area contributed by atoms with Gasteiger partial charge in [-0.25, -0.2) is 0 Å². The van der Waals surface area contributed by atoms with Gasteiger partial charge < -0.3 is 24.1 Å². The topological polar surface area (TPSA) is 160 Å². The summed E-state index contributed by atoms with van der Waals surface area (Å²) in [5.74, 6) is -3.78. The minimum absolute atomic E-state index is 0.0276. The molecule has 10 atom stereocenters. The van der Waals surface area contributed by atoms with Crippen LogP contribution in [0.15, 0.2) is 11.6 Å². The molecule has 0 saturated heterocycles. The largest absolute Gasteiger partial charge is 0.462 e. The van der Waals surface area contributed by atoms with Gasteiger partial charge in [0, 0.05) is 55.8 Å². The van der Waals surface area contributed by atoms with E-state index in [-0.39, 0.29) is 56.1 Å². The van der Waals surface area contributed by atoms with Crippen LogP contribution in [0.2, 0.25) is 0 Å². The molecule has 4 rings (SSSR count). The average Bonchev–Trinajstić information content (AvgIpc) is 3.26. The van der Waals surface area contributed by atoms with Crippen molar-refractivity contribution < 1.29 is 52.8 Å². The van der Waals surface area contributed by atoms with E-state index in [1.807, 2.05) is 27.7 Å². The van der Waals surface area contributed by atoms with Gasteiger partial charge in [-0.3, -0.25) is 28.8 Å². The Balaban J connectivity index is 1.81. The lowest BCUT2D eigenvalue weighted by Crippen LogP contribution is -2.66. The van der Waals surface area contributed by atoms with E-state index in [0.717, 1.165) is 5.57 Å². The summed E-state index contributed by atoms with van der Waals surface area (Å²) in [6.07, 6.45) is 1.46. The van der Waals surface area contributed by atoms with Gasteiger partial charge in [-0.1, -0.05) is 67.0 Å². The molecule has 0 aliphatic heterocycles. The molecule has 0 aromatic carbocycles. The Morgan fingerprint density at radius 1 is 0.846 bits per heavy atom. The van der Waals surface area contributed by atoms with Crippen molar-refractivity contribution >= 4 is 35.4 Å². The maximum atomic E-state index is 15.0. The lowest BCUT2D eigenvalue weighted by Gasteiger charge is -2.65. The summed E-state index contributed by atoms with van der Waals surface area (Å²) in [4.78, 5) is 79.1. The zero-order valence-corrected chi connectivity index (χ0v) is 33.4. The van der Waals surface area contributed by atoms with E-state index in [4.69, 9.17) is 18.9 Å². The van der Waals surface area contributed by atoms with E-state index >= 15 is 4.79 Å². The Morgan fingerprint density at radius 2 is 1.38 bits per heavy atom. The normalized spacial score (nSPS) is 36.2. The molecule has 0 aromatic heterocycles. The summed E-state index contributed by atoms with van der Waals surface area (Å²) in [5, 5.41) is 12.3. The van der Waals surface area contributed by atoms with Gasteiger partial charge in [0.1, 0.15) is 35.3 Å². The van der Waals surface area contributed by atoms with Crippen molar-refractivity contribution in [2.45, 2.75) is 170 Å². The van der Waals surface area contributed by atoms with E-state index in [0.29, 0.717) is 19.3 Å². The Labute approximate surface area is 309 Å². The Hall–Kier alpha value is -3.08. The Morgan fingerprint density at radius 3 is 1.92 bits per heavy atom. The molecule has 11 heteroatoms. The quantitative estimate of drug-likeness (QED) is 0.135. The number of hydrogen-bond donors (Lipinski definition) is 1. The predicted octanol–water partition coefficient (Wildman–Crippen LogP) is 6.40. The predicted molar refractivity (Wildman–Crippen MR) is 191 cm³/mol. The first-order valence-corrected chi connectivity index (χ1v) is 19.1.